The zero-order chi connectivity index (χ0) is 12.3. The first kappa shape index (κ1) is 12.2. The summed E-state index contributed by atoms with van der Waals surface area (Å²) in [7, 11) is 1.83. The maximum atomic E-state index is 12.2. The molecule has 1 unspecified atom stereocenters. The summed E-state index contributed by atoms with van der Waals surface area (Å²) in [6.45, 7) is 0.762. The molecule has 3 nitrogen and oxygen atoms in total. The third kappa shape index (κ3) is 2.88. The summed E-state index contributed by atoms with van der Waals surface area (Å²) in [6.07, 6.45) is 3.71. The Morgan fingerprint density at radius 2 is 2.18 bits per heavy atom. The van der Waals surface area contributed by atoms with Crippen molar-refractivity contribution < 1.29 is 4.79 Å². The van der Waals surface area contributed by atoms with Gasteiger partial charge >= 0.3 is 0 Å². The Balaban J connectivity index is 2.41. The van der Waals surface area contributed by atoms with Gasteiger partial charge in [0.15, 0.2) is 0 Å². The van der Waals surface area contributed by atoms with E-state index in [1.807, 2.05) is 37.5 Å². The lowest BCUT2D eigenvalue weighted by Crippen LogP contribution is -2.28. The highest BCUT2D eigenvalue weighted by Gasteiger charge is 2.16. The van der Waals surface area contributed by atoms with Gasteiger partial charge in [-0.15, -0.1) is 0 Å². The first-order chi connectivity index (χ1) is 8.18. The fourth-order valence-corrected chi connectivity index (χ4v) is 2.10. The molecule has 0 aromatic heterocycles. The van der Waals surface area contributed by atoms with E-state index in [1.165, 1.54) is 0 Å². The molecule has 1 aliphatic rings. The Kier molecular flexibility index (Phi) is 3.84. The number of carbonyl (C=O) groups is 1. The van der Waals surface area contributed by atoms with Crippen molar-refractivity contribution in [3.63, 3.8) is 0 Å². The third-order valence-corrected chi connectivity index (χ3v) is 3.25. The van der Waals surface area contributed by atoms with Gasteiger partial charge in [0.2, 0.25) is 0 Å². The molecule has 0 N–H and O–H groups in total. The zero-order valence-electron chi connectivity index (χ0n) is 9.84. The second kappa shape index (κ2) is 5.36. The summed E-state index contributed by atoms with van der Waals surface area (Å²) < 4.78 is 0. The largest absolute Gasteiger partial charge is 0.342 e. The molecular weight excluding hydrogens is 232 g/mol. The van der Waals surface area contributed by atoms with Gasteiger partial charge in [0.1, 0.15) is 0 Å². The van der Waals surface area contributed by atoms with E-state index in [0.29, 0.717) is 5.56 Å². The summed E-state index contributed by atoms with van der Waals surface area (Å²) >= 11 is 4.45. The number of thiol groups is 1. The molecule has 0 spiro atoms. The van der Waals surface area contributed by atoms with Crippen molar-refractivity contribution in [2.75, 3.05) is 13.6 Å². The molecule has 0 bridgehead atoms. The van der Waals surface area contributed by atoms with Crippen LogP contribution >= 0.6 is 12.6 Å². The van der Waals surface area contributed by atoms with E-state index >= 15 is 0 Å². The van der Waals surface area contributed by atoms with E-state index in [9.17, 15) is 4.79 Å². The van der Waals surface area contributed by atoms with Crippen LogP contribution in [-0.4, -0.2) is 35.9 Å². The standard InChI is InChI=1S/C13H16N2OS/c1-15-8-4-5-10(17)9-14-12-7-3-2-6-11(12)13(15)16/h2-3,6-7,9-10,17H,4-5,8H2,1H3/b14-9-. The lowest BCUT2D eigenvalue weighted by molar-refractivity contribution is 0.0794. The third-order valence-electron chi connectivity index (χ3n) is 2.86. The van der Waals surface area contributed by atoms with E-state index in [2.05, 4.69) is 17.6 Å². The number of benzene rings is 1. The van der Waals surface area contributed by atoms with Crippen molar-refractivity contribution in [1.82, 2.24) is 4.90 Å². The highest BCUT2D eigenvalue weighted by atomic mass is 32.1. The van der Waals surface area contributed by atoms with Crippen molar-refractivity contribution in [3.8, 4) is 0 Å². The van der Waals surface area contributed by atoms with Crippen LogP contribution < -0.4 is 0 Å². The zero-order valence-corrected chi connectivity index (χ0v) is 10.7. The van der Waals surface area contributed by atoms with Crippen LogP contribution in [0, 0.1) is 0 Å². The minimum absolute atomic E-state index is 0.0374. The smallest absolute Gasteiger partial charge is 0.255 e. The normalized spacial score (nSPS) is 23.1. The highest BCUT2D eigenvalue weighted by molar-refractivity contribution is 7.81. The lowest BCUT2D eigenvalue weighted by Gasteiger charge is -2.19. The molecular formula is C13H16N2OS. The van der Waals surface area contributed by atoms with Gasteiger partial charge in [-0.2, -0.15) is 12.6 Å². The average Bonchev–Trinajstić information content (AvgIpc) is 2.35. The molecule has 90 valence electrons. The molecule has 4 heteroatoms. The van der Waals surface area contributed by atoms with Gasteiger partial charge < -0.3 is 4.90 Å². The van der Waals surface area contributed by atoms with Crippen molar-refractivity contribution >= 4 is 30.4 Å². The average molecular weight is 248 g/mol. The second-order valence-electron chi connectivity index (χ2n) is 4.23. The van der Waals surface area contributed by atoms with Gasteiger partial charge in [-0.3, -0.25) is 9.79 Å². The van der Waals surface area contributed by atoms with Crippen LogP contribution in [0.1, 0.15) is 23.2 Å². The van der Waals surface area contributed by atoms with Crippen molar-refractivity contribution in [1.29, 1.82) is 0 Å². The summed E-state index contributed by atoms with van der Waals surface area (Å²) in [6, 6.07) is 7.44. The van der Waals surface area contributed by atoms with E-state index < -0.39 is 0 Å². The van der Waals surface area contributed by atoms with E-state index in [1.54, 1.807) is 4.90 Å². The summed E-state index contributed by atoms with van der Waals surface area (Å²) in [4.78, 5) is 18.3. The Bertz CT molecular complexity index is 445. The monoisotopic (exact) mass is 248 g/mol. The first-order valence-corrected chi connectivity index (χ1v) is 6.27. The fourth-order valence-electron chi connectivity index (χ4n) is 1.85. The molecule has 1 atom stereocenters. The number of hydrogen-bond donors (Lipinski definition) is 1. The number of aliphatic imine (C=N–C) groups is 1. The van der Waals surface area contributed by atoms with Crippen LogP contribution in [0.4, 0.5) is 5.69 Å². The molecule has 0 saturated heterocycles. The van der Waals surface area contributed by atoms with Crippen LogP contribution in [0.15, 0.2) is 29.3 Å². The maximum absolute atomic E-state index is 12.2. The highest BCUT2D eigenvalue weighted by Crippen LogP contribution is 2.21. The van der Waals surface area contributed by atoms with E-state index in [-0.39, 0.29) is 11.2 Å². The number of fused-ring (bicyclic) bond motifs is 1. The number of hydrogen-bond acceptors (Lipinski definition) is 3. The molecule has 0 saturated carbocycles. The minimum atomic E-state index is 0.0374. The van der Waals surface area contributed by atoms with Gasteiger partial charge in [0, 0.05) is 25.1 Å². The number of amides is 1. The minimum Gasteiger partial charge on any atom is -0.342 e. The molecule has 1 aromatic rings. The predicted molar refractivity (Wildman–Crippen MR) is 73.6 cm³/mol. The number of rotatable bonds is 0. The molecule has 0 aliphatic carbocycles. The molecule has 0 radical (unpaired) electrons. The van der Waals surface area contributed by atoms with Gasteiger partial charge in [0.05, 0.1) is 11.3 Å². The van der Waals surface area contributed by atoms with Crippen molar-refractivity contribution in [2.45, 2.75) is 18.1 Å². The van der Waals surface area contributed by atoms with Gasteiger partial charge in [-0.1, -0.05) is 12.1 Å². The molecule has 0 fully saturated rings. The maximum Gasteiger partial charge on any atom is 0.255 e. The van der Waals surface area contributed by atoms with Crippen molar-refractivity contribution in [3.05, 3.63) is 29.8 Å². The lowest BCUT2D eigenvalue weighted by atomic mass is 10.1. The molecule has 1 aliphatic heterocycles. The molecule has 1 heterocycles. The molecule has 17 heavy (non-hydrogen) atoms. The fraction of sp³-hybridized carbons (Fsp3) is 0.385. The first-order valence-electron chi connectivity index (χ1n) is 5.75. The Morgan fingerprint density at radius 1 is 1.41 bits per heavy atom. The second-order valence-corrected chi connectivity index (χ2v) is 4.89. The van der Waals surface area contributed by atoms with Crippen LogP contribution in [0.5, 0.6) is 0 Å². The summed E-state index contributed by atoms with van der Waals surface area (Å²) in [5, 5.41) is 0.157. The predicted octanol–water partition coefficient (Wildman–Crippen LogP) is 2.55. The SMILES string of the molecule is CN1CCCC(S)/C=N\c2ccccc2C1=O. The van der Waals surface area contributed by atoms with E-state index in [0.717, 1.165) is 25.1 Å². The Morgan fingerprint density at radius 3 is 3.00 bits per heavy atom. The summed E-state index contributed by atoms with van der Waals surface area (Å²) in [5.74, 6) is 0.0374. The van der Waals surface area contributed by atoms with Gasteiger partial charge in [-0.25, -0.2) is 0 Å². The van der Waals surface area contributed by atoms with Crippen LogP contribution in [0.2, 0.25) is 0 Å². The molecule has 1 amide bonds. The Labute approximate surface area is 107 Å². The Hall–Kier alpha value is -1.29. The quantitative estimate of drug-likeness (QED) is 0.703. The molecule has 1 aromatic carbocycles. The van der Waals surface area contributed by atoms with Crippen molar-refractivity contribution in [2.24, 2.45) is 4.99 Å². The van der Waals surface area contributed by atoms with Crippen LogP contribution in [-0.2, 0) is 0 Å². The van der Waals surface area contributed by atoms with Crippen LogP contribution in [0.3, 0.4) is 0 Å². The number of para-hydroxylation sites is 1. The number of nitrogens with zero attached hydrogens (tertiary/aromatic N) is 2. The van der Waals surface area contributed by atoms with Gasteiger partial charge in [0.25, 0.3) is 5.91 Å². The number of carbonyl (C=O) groups excluding carboxylic acids is 1. The summed E-state index contributed by atoms with van der Waals surface area (Å²) in [5.41, 5.74) is 1.39. The molecule has 2 rings (SSSR count). The van der Waals surface area contributed by atoms with E-state index in [4.69, 9.17) is 0 Å². The van der Waals surface area contributed by atoms with Crippen LogP contribution in [0.25, 0.3) is 0 Å². The van der Waals surface area contributed by atoms with Gasteiger partial charge in [-0.05, 0) is 25.0 Å². The topological polar surface area (TPSA) is 32.7 Å².